The van der Waals surface area contributed by atoms with Gasteiger partial charge in [-0.1, -0.05) is 19.1 Å². The van der Waals surface area contributed by atoms with Crippen molar-refractivity contribution in [1.82, 2.24) is 20.1 Å². The molecular formula is C24H23F3N6O2. The highest BCUT2D eigenvalue weighted by Gasteiger charge is 2.51. The number of ether oxygens (including phenoxy) is 1. The standard InChI is InChI=1S/C24H23F3N6O2/c1-13-18-12-33(19(13)11-32(18)22-8-7-21(28)30-31-22)23(34)17-9-20(35-2)16(10-29-17)14-3-5-15(6-4-14)24(25,26)27/h3-10,13,18-19H,11-12H2,1-2H3,(H2,28,30)/t13-,18-,19-/m1/s1. The van der Waals surface area contributed by atoms with Crippen molar-refractivity contribution >= 4 is 17.5 Å². The lowest BCUT2D eigenvalue weighted by molar-refractivity contribution is -0.137. The summed E-state index contributed by atoms with van der Waals surface area (Å²) in [5, 5.41) is 8.11. The molecule has 0 saturated carbocycles. The predicted molar refractivity (Wildman–Crippen MR) is 123 cm³/mol. The number of nitrogens with two attached hydrogens (primary N) is 1. The Morgan fingerprint density at radius 1 is 1.09 bits per heavy atom. The quantitative estimate of drug-likeness (QED) is 0.605. The maximum Gasteiger partial charge on any atom is 0.416 e. The number of carbonyl (C=O) groups excluding carboxylic acids is 1. The van der Waals surface area contributed by atoms with Gasteiger partial charge in [0.2, 0.25) is 0 Å². The van der Waals surface area contributed by atoms with Gasteiger partial charge in [-0.05, 0) is 29.8 Å². The monoisotopic (exact) mass is 484 g/mol. The molecule has 2 aliphatic rings. The van der Waals surface area contributed by atoms with Gasteiger partial charge in [0.1, 0.15) is 17.3 Å². The number of amides is 1. The Labute approximate surface area is 199 Å². The number of rotatable bonds is 4. The maximum absolute atomic E-state index is 13.4. The van der Waals surface area contributed by atoms with Crippen LogP contribution in [0, 0.1) is 5.92 Å². The highest BCUT2D eigenvalue weighted by Crippen LogP contribution is 2.39. The van der Waals surface area contributed by atoms with E-state index >= 15 is 0 Å². The number of likely N-dealkylation sites (tertiary alicyclic amines) is 1. The maximum atomic E-state index is 13.4. The summed E-state index contributed by atoms with van der Waals surface area (Å²) < 4.78 is 44.1. The smallest absolute Gasteiger partial charge is 0.416 e. The molecule has 2 aliphatic heterocycles. The molecule has 1 amide bonds. The molecule has 3 aromatic rings. The fourth-order valence-electron chi connectivity index (χ4n) is 4.94. The lowest BCUT2D eigenvalue weighted by Crippen LogP contribution is -2.49. The first kappa shape index (κ1) is 22.9. The summed E-state index contributed by atoms with van der Waals surface area (Å²) in [6.07, 6.45) is -2.96. The zero-order chi connectivity index (χ0) is 24.9. The van der Waals surface area contributed by atoms with Gasteiger partial charge in [-0.15, -0.1) is 10.2 Å². The topological polar surface area (TPSA) is 97.5 Å². The van der Waals surface area contributed by atoms with E-state index in [1.807, 2.05) is 11.0 Å². The Morgan fingerprint density at radius 2 is 1.83 bits per heavy atom. The molecule has 2 fully saturated rings. The highest BCUT2D eigenvalue weighted by atomic mass is 19.4. The average Bonchev–Trinajstić information content (AvgIpc) is 3.35. The van der Waals surface area contributed by atoms with E-state index < -0.39 is 11.7 Å². The van der Waals surface area contributed by atoms with Crippen molar-refractivity contribution in [3.05, 3.63) is 59.9 Å². The van der Waals surface area contributed by atoms with Crippen LogP contribution in [0.5, 0.6) is 5.75 Å². The number of carbonyl (C=O) groups is 1. The molecule has 2 saturated heterocycles. The van der Waals surface area contributed by atoms with Crippen molar-refractivity contribution in [3.8, 4) is 16.9 Å². The molecule has 2 bridgehead atoms. The van der Waals surface area contributed by atoms with Crippen LogP contribution in [0.3, 0.4) is 0 Å². The molecule has 35 heavy (non-hydrogen) atoms. The molecule has 182 valence electrons. The Kier molecular flexibility index (Phi) is 5.49. The van der Waals surface area contributed by atoms with Crippen molar-refractivity contribution in [2.75, 3.05) is 30.8 Å². The van der Waals surface area contributed by atoms with E-state index in [0.29, 0.717) is 35.8 Å². The van der Waals surface area contributed by atoms with Gasteiger partial charge in [0.25, 0.3) is 5.91 Å². The van der Waals surface area contributed by atoms with Crippen LogP contribution >= 0.6 is 0 Å². The number of fused-ring (bicyclic) bond motifs is 2. The molecule has 8 nitrogen and oxygen atoms in total. The van der Waals surface area contributed by atoms with Crippen LogP contribution in [0.25, 0.3) is 11.1 Å². The van der Waals surface area contributed by atoms with Crippen LogP contribution in [0.2, 0.25) is 0 Å². The molecule has 0 aliphatic carbocycles. The van der Waals surface area contributed by atoms with E-state index in [4.69, 9.17) is 10.5 Å². The second-order valence-electron chi connectivity index (χ2n) is 8.77. The largest absolute Gasteiger partial charge is 0.496 e. The van der Waals surface area contributed by atoms with Gasteiger partial charge < -0.3 is 20.3 Å². The molecule has 2 N–H and O–H groups in total. The molecular weight excluding hydrogens is 461 g/mol. The molecule has 2 aromatic heterocycles. The lowest BCUT2D eigenvalue weighted by atomic mass is 10.0. The Bertz CT molecular complexity index is 1250. The first-order chi connectivity index (χ1) is 16.7. The molecule has 4 heterocycles. The van der Waals surface area contributed by atoms with Crippen LogP contribution in [-0.2, 0) is 6.18 Å². The van der Waals surface area contributed by atoms with E-state index in [1.165, 1.54) is 31.5 Å². The SMILES string of the molecule is COc1cc(C(=O)N2C[C@@H]3[C@@H](C)[C@H]2CN3c2ccc(N)nn2)ncc1-c1ccc(C(F)(F)F)cc1. The lowest BCUT2D eigenvalue weighted by Gasteiger charge is -2.34. The number of anilines is 2. The second kappa shape index (κ2) is 8.40. The number of benzene rings is 1. The van der Waals surface area contributed by atoms with Gasteiger partial charge in [0.15, 0.2) is 5.82 Å². The van der Waals surface area contributed by atoms with Crippen LogP contribution in [0.15, 0.2) is 48.7 Å². The Hall–Kier alpha value is -3.89. The predicted octanol–water partition coefficient (Wildman–Crippen LogP) is 3.50. The molecule has 0 unspecified atom stereocenters. The van der Waals surface area contributed by atoms with Crippen LogP contribution in [0.4, 0.5) is 24.8 Å². The molecule has 11 heteroatoms. The number of piperazine rings is 1. The number of pyridine rings is 1. The van der Waals surface area contributed by atoms with E-state index in [1.54, 1.807) is 6.07 Å². The zero-order valence-corrected chi connectivity index (χ0v) is 19.0. The van der Waals surface area contributed by atoms with Gasteiger partial charge in [0, 0.05) is 36.8 Å². The van der Waals surface area contributed by atoms with E-state index in [-0.39, 0.29) is 29.6 Å². The first-order valence-electron chi connectivity index (χ1n) is 11.1. The Morgan fingerprint density at radius 3 is 2.40 bits per heavy atom. The number of hydrogen-bond donors (Lipinski definition) is 1. The van der Waals surface area contributed by atoms with Crippen LogP contribution < -0.4 is 15.4 Å². The van der Waals surface area contributed by atoms with Gasteiger partial charge in [-0.2, -0.15) is 13.2 Å². The fourth-order valence-corrected chi connectivity index (χ4v) is 4.94. The van der Waals surface area contributed by atoms with E-state index in [0.717, 1.165) is 18.0 Å². The highest BCUT2D eigenvalue weighted by molar-refractivity contribution is 5.94. The van der Waals surface area contributed by atoms with E-state index in [2.05, 4.69) is 27.0 Å². The minimum atomic E-state index is -4.42. The summed E-state index contributed by atoms with van der Waals surface area (Å²) in [4.78, 5) is 21.7. The summed E-state index contributed by atoms with van der Waals surface area (Å²) in [6.45, 7) is 3.24. The van der Waals surface area contributed by atoms with Crippen molar-refractivity contribution < 1.29 is 22.7 Å². The molecule has 0 spiro atoms. The van der Waals surface area contributed by atoms with Gasteiger partial charge >= 0.3 is 6.18 Å². The van der Waals surface area contributed by atoms with Gasteiger partial charge in [0.05, 0.1) is 24.8 Å². The minimum absolute atomic E-state index is 0.0192. The Balaban J connectivity index is 1.36. The third kappa shape index (κ3) is 4.00. The zero-order valence-electron chi connectivity index (χ0n) is 19.0. The number of aromatic nitrogens is 3. The number of hydrogen-bond acceptors (Lipinski definition) is 7. The average molecular weight is 484 g/mol. The normalized spacial score (nSPS) is 21.5. The van der Waals surface area contributed by atoms with Gasteiger partial charge in [-0.3, -0.25) is 9.78 Å². The minimum Gasteiger partial charge on any atom is -0.496 e. The fraction of sp³-hybridized carbons (Fsp3) is 0.333. The van der Waals surface area contributed by atoms with Crippen molar-refractivity contribution in [3.63, 3.8) is 0 Å². The van der Waals surface area contributed by atoms with E-state index in [9.17, 15) is 18.0 Å². The van der Waals surface area contributed by atoms with Crippen molar-refractivity contribution in [1.29, 1.82) is 0 Å². The van der Waals surface area contributed by atoms with Gasteiger partial charge in [-0.25, -0.2) is 0 Å². The molecule has 0 radical (unpaired) electrons. The summed E-state index contributed by atoms with van der Waals surface area (Å²) in [5.74, 6) is 1.45. The third-order valence-electron chi connectivity index (χ3n) is 6.84. The van der Waals surface area contributed by atoms with Crippen molar-refractivity contribution in [2.45, 2.75) is 25.2 Å². The van der Waals surface area contributed by atoms with Crippen LogP contribution in [-0.4, -0.2) is 58.3 Å². The number of methoxy groups -OCH3 is 1. The number of nitrogens with zero attached hydrogens (tertiary/aromatic N) is 5. The third-order valence-corrected chi connectivity index (χ3v) is 6.84. The first-order valence-corrected chi connectivity index (χ1v) is 11.1. The molecule has 1 aromatic carbocycles. The number of alkyl halides is 3. The summed E-state index contributed by atoms with van der Waals surface area (Å²) >= 11 is 0. The summed E-state index contributed by atoms with van der Waals surface area (Å²) in [6, 6.07) is 9.88. The number of halogens is 3. The summed E-state index contributed by atoms with van der Waals surface area (Å²) in [7, 11) is 1.45. The second-order valence-corrected chi connectivity index (χ2v) is 8.77. The molecule has 3 atom stereocenters. The van der Waals surface area contributed by atoms with Crippen LogP contribution in [0.1, 0.15) is 23.0 Å². The number of nitrogen functional groups attached to an aromatic ring is 1. The molecule has 5 rings (SSSR count). The summed E-state index contributed by atoms with van der Waals surface area (Å²) in [5.41, 5.74) is 6.13. The van der Waals surface area contributed by atoms with Crippen molar-refractivity contribution in [2.24, 2.45) is 5.92 Å².